The first-order valence-corrected chi connectivity index (χ1v) is 6.46. The highest BCUT2D eigenvalue weighted by atomic mass is 79.9. The average molecular weight is 321 g/mol. The van der Waals surface area contributed by atoms with E-state index in [0.29, 0.717) is 12.4 Å². The maximum absolute atomic E-state index is 11.8. The molecule has 6 nitrogen and oxygen atoms in total. The minimum atomic E-state index is -0.445. The predicted octanol–water partition coefficient (Wildman–Crippen LogP) is 1.84. The fourth-order valence-electron chi connectivity index (χ4n) is 2.00. The van der Waals surface area contributed by atoms with Gasteiger partial charge < -0.3 is 0 Å². The number of hydrogen-bond donors (Lipinski definition) is 1. The summed E-state index contributed by atoms with van der Waals surface area (Å²) in [4.78, 5) is 32.8. The zero-order valence-corrected chi connectivity index (χ0v) is 11.3. The molecule has 7 heteroatoms. The Morgan fingerprint density at radius 3 is 2.89 bits per heavy atom. The van der Waals surface area contributed by atoms with Gasteiger partial charge in [0.05, 0.1) is 5.52 Å². The molecule has 0 unspecified atom stereocenters. The van der Waals surface area contributed by atoms with E-state index in [0.717, 1.165) is 15.4 Å². The number of halogens is 1. The summed E-state index contributed by atoms with van der Waals surface area (Å²) in [5.41, 5.74) is 0.740. The van der Waals surface area contributed by atoms with Crippen LogP contribution in [-0.4, -0.2) is 28.5 Å². The monoisotopic (exact) mass is 320 g/mol. The minimum Gasteiger partial charge on any atom is -0.278 e. The van der Waals surface area contributed by atoms with Gasteiger partial charge in [-0.2, -0.15) is 0 Å². The van der Waals surface area contributed by atoms with Crippen LogP contribution >= 0.6 is 15.9 Å². The highest BCUT2D eigenvalue weighted by molar-refractivity contribution is 9.10. The maximum atomic E-state index is 11.8. The van der Waals surface area contributed by atoms with Crippen molar-refractivity contribution in [2.45, 2.75) is 6.42 Å². The van der Waals surface area contributed by atoms with E-state index in [1.54, 1.807) is 0 Å². The van der Waals surface area contributed by atoms with Crippen molar-refractivity contribution in [2.75, 3.05) is 11.4 Å². The zero-order chi connectivity index (χ0) is 13.4. The van der Waals surface area contributed by atoms with Gasteiger partial charge in [-0.15, -0.1) is 0 Å². The van der Waals surface area contributed by atoms with Crippen LogP contribution in [0.5, 0.6) is 0 Å². The molecule has 3 amide bonds. The number of aromatic nitrogens is 2. The fraction of sp³-hybridized carbons (Fsp3) is 0.167. The lowest BCUT2D eigenvalue weighted by Gasteiger charge is -2.26. The molecule has 2 aromatic rings. The van der Waals surface area contributed by atoms with Gasteiger partial charge in [0.25, 0.3) is 0 Å². The summed E-state index contributed by atoms with van der Waals surface area (Å²) in [6.45, 7) is 0.326. The van der Waals surface area contributed by atoms with Gasteiger partial charge in [0.15, 0.2) is 0 Å². The first-order chi connectivity index (χ1) is 9.15. The Kier molecular flexibility index (Phi) is 2.90. The number of rotatable bonds is 1. The van der Waals surface area contributed by atoms with E-state index in [-0.39, 0.29) is 12.3 Å². The lowest BCUT2D eigenvalue weighted by molar-refractivity contribution is -0.120. The van der Waals surface area contributed by atoms with Crippen molar-refractivity contribution >= 4 is 44.6 Å². The van der Waals surface area contributed by atoms with Crippen LogP contribution in [0, 0.1) is 0 Å². The summed E-state index contributed by atoms with van der Waals surface area (Å²) in [6.07, 6.45) is 1.68. The van der Waals surface area contributed by atoms with Crippen LogP contribution in [0.4, 0.5) is 10.6 Å². The van der Waals surface area contributed by atoms with Crippen LogP contribution < -0.4 is 10.2 Å². The van der Waals surface area contributed by atoms with Crippen LogP contribution in [0.15, 0.2) is 29.0 Å². The number of nitrogens with zero attached hydrogens (tertiary/aromatic N) is 3. The van der Waals surface area contributed by atoms with Crippen molar-refractivity contribution < 1.29 is 9.59 Å². The van der Waals surface area contributed by atoms with E-state index in [9.17, 15) is 9.59 Å². The molecule has 3 rings (SSSR count). The third kappa shape index (κ3) is 2.17. The quantitative estimate of drug-likeness (QED) is 0.870. The molecule has 96 valence electrons. The van der Waals surface area contributed by atoms with E-state index in [1.165, 1.54) is 11.2 Å². The van der Waals surface area contributed by atoms with Crippen molar-refractivity contribution in [3.05, 3.63) is 29.0 Å². The largest absolute Gasteiger partial charge is 0.329 e. The van der Waals surface area contributed by atoms with Crippen molar-refractivity contribution in [1.29, 1.82) is 0 Å². The molecule has 1 aliphatic rings. The number of benzene rings is 1. The van der Waals surface area contributed by atoms with Gasteiger partial charge in [0.1, 0.15) is 12.1 Å². The van der Waals surface area contributed by atoms with E-state index in [4.69, 9.17) is 0 Å². The molecular formula is C12H9BrN4O2. The van der Waals surface area contributed by atoms with Gasteiger partial charge in [-0.1, -0.05) is 15.9 Å². The molecule has 19 heavy (non-hydrogen) atoms. The third-order valence-corrected chi connectivity index (χ3v) is 3.38. The summed E-state index contributed by atoms with van der Waals surface area (Å²) >= 11 is 3.37. The normalized spacial score (nSPS) is 15.7. The third-order valence-electron chi connectivity index (χ3n) is 2.89. The molecule has 0 bridgehead atoms. The Morgan fingerprint density at radius 2 is 2.11 bits per heavy atom. The molecular weight excluding hydrogens is 312 g/mol. The number of anilines is 1. The zero-order valence-electron chi connectivity index (χ0n) is 9.76. The van der Waals surface area contributed by atoms with Crippen molar-refractivity contribution in [3.8, 4) is 0 Å². The summed E-state index contributed by atoms with van der Waals surface area (Å²) < 4.78 is 0.905. The van der Waals surface area contributed by atoms with Gasteiger partial charge >= 0.3 is 6.03 Å². The Morgan fingerprint density at radius 1 is 1.26 bits per heavy atom. The standard InChI is InChI=1S/C12H9BrN4O2/c13-7-1-2-8-9(5-7)14-6-15-11(8)17-4-3-10(18)16-12(17)19/h1-2,5-6H,3-4H2,(H,16,18,19). The number of fused-ring (bicyclic) bond motifs is 1. The highest BCUT2D eigenvalue weighted by Gasteiger charge is 2.26. The Labute approximate surface area is 117 Å². The maximum Gasteiger partial charge on any atom is 0.329 e. The highest BCUT2D eigenvalue weighted by Crippen LogP contribution is 2.26. The van der Waals surface area contributed by atoms with E-state index < -0.39 is 6.03 Å². The molecule has 1 saturated heterocycles. The number of urea groups is 1. The van der Waals surface area contributed by atoms with Crippen LogP contribution in [-0.2, 0) is 4.79 Å². The number of nitrogens with one attached hydrogen (secondary N) is 1. The molecule has 0 radical (unpaired) electrons. The molecule has 1 aromatic heterocycles. The first kappa shape index (κ1) is 12.0. The number of imide groups is 1. The van der Waals surface area contributed by atoms with Crippen LogP contribution in [0.3, 0.4) is 0 Å². The Bertz CT molecular complexity index is 688. The molecule has 1 aliphatic heterocycles. The lowest BCUT2D eigenvalue weighted by atomic mass is 10.2. The second-order valence-corrected chi connectivity index (χ2v) is 5.03. The molecule has 0 aliphatic carbocycles. The van der Waals surface area contributed by atoms with E-state index in [2.05, 4.69) is 31.2 Å². The van der Waals surface area contributed by atoms with E-state index in [1.807, 2.05) is 18.2 Å². The van der Waals surface area contributed by atoms with Crippen molar-refractivity contribution in [2.24, 2.45) is 0 Å². The van der Waals surface area contributed by atoms with Gasteiger partial charge in [0.2, 0.25) is 5.91 Å². The molecule has 2 heterocycles. The smallest absolute Gasteiger partial charge is 0.278 e. The van der Waals surface area contributed by atoms with E-state index >= 15 is 0 Å². The van der Waals surface area contributed by atoms with Gasteiger partial charge in [-0.25, -0.2) is 14.8 Å². The Hall–Kier alpha value is -2.02. The number of hydrogen-bond acceptors (Lipinski definition) is 4. The molecule has 0 spiro atoms. The second kappa shape index (κ2) is 4.58. The summed E-state index contributed by atoms with van der Waals surface area (Å²) in [5.74, 6) is 0.254. The summed E-state index contributed by atoms with van der Waals surface area (Å²) in [7, 11) is 0. The Balaban J connectivity index is 2.10. The van der Waals surface area contributed by atoms with Gasteiger partial charge in [0, 0.05) is 22.8 Å². The molecule has 1 fully saturated rings. The van der Waals surface area contributed by atoms with Crippen LogP contribution in [0.25, 0.3) is 10.9 Å². The summed E-state index contributed by atoms with van der Waals surface area (Å²) in [5, 5.41) is 3.06. The van der Waals surface area contributed by atoms with Gasteiger partial charge in [-0.3, -0.25) is 15.0 Å². The predicted molar refractivity (Wildman–Crippen MR) is 72.7 cm³/mol. The fourth-order valence-corrected chi connectivity index (χ4v) is 2.35. The SMILES string of the molecule is O=C1CCN(c2ncnc3cc(Br)ccc23)C(=O)N1. The number of carbonyl (C=O) groups is 2. The van der Waals surface area contributed by atoms with Crippen LogP contribution in [0.2, 0.25) is 0 Å². The lowest BCUT2D eigenvalue weighted by Crippen LogP contribution is -2.50. The minimum absolute atomic E-state index is 0.262. The van der Waals surface area contributed by atoms with Crippen molar-refractivity contribution in [1.82, 2.24) is 15.3 Å². The first-order valence-electron chi connectivity index (χ1n) is 5.67. The number of carbonyl (C=O) groups excluding carboxylic acids is 2. The van der Waals surface area contributed by atoms with Gasteiger partial charge in [-0.05, 0) is 18.2 Å². The van der Waals surface area contributed by atoms with Crippen molar-refractivity contribution in [3.63, 3.8) is 0 Å². The topological polar surface area (TPSA) is 75.2 Å². The second-order valence-electron chi connectivity index (χ2n) is 4.11. The summed E-state index contributed by atoms with van der Waals surface area (Å²) in [6, 6.07) is 5.12. The molecule has 0 saturated carbocycles. The van der Waals surface area contributed by atoms with Crippen LogP contribution in [0.1, 0.15) is 6.42 Å². The molecule has 1 N–H and O–H groups in total. The number of amides is 3. The molecule has 1 aromatic carbocycles. The molecule has 0 atom stereocenters. The average Bonchev–Trinajstić information content (AvgIpc) is 2.38.